The van der Waals surface area contributed by atoms with Gasteiger partial charge < -0.3 is 4.42 Å². The summed E-state index contributed by atoms with van der Waals surface area (Å²) in [5, 5.41) is 7.51. The van der Waals surface area contributed by atoms with Gasteiger partial charge in [0.2, 0.25) is 12.1 Å². The monoisotopic (exact) mass is 109 g/mol. The van der Waals surface area contributed by atoms with Crippen molar-refractivity contribution in [3.8, 4) is 0 Å². The van der Waals surface area contributed by atoms with Gasteiger partial charge in [0.25, 0.3) is 0 Å². The van der Waals surface area contributed by atoms with Crippen LogP contribution in [0.1, 0.15) is 0 Å². The summed E-state index contributed by atoms with van der Waals surface area (Å²) < 4.78 is 6.26. The van der Waals surface area contributed by atoms with Crippen LogP contribution in [0.25, 0.3) is 5.71 Å². The average molecular weight is 109 g/mol. The Morgan fingerprint density at radius 1 is 1.50 bits per heavy atom. The summed E-state index contributed by atoms with van der Waals surface area (Å²) in [5.74, 6) is 0. The molecule has 0 aliphatic rings. The first-order valence-electron chi connectivity index (χ1n) is 2.20. The lowest BCUT2D eigenvalue weighted by atomic mass is 10.7. The third-order valence-electron chi connectivity index (χ3n) is 0.920. The summed E-state index contributed by atoms with van der Waals surface area (Å²) >= 11 is 0. The summed E-state index contributed by atoms with van der Waals surface area (Å²) in [6.45, 7) is 0. The number of hydrogen-bond donors (Lipinski definition) is 0. The van der Waals surface area contributed by atoms with Gasteiger partial charge in [0.1, 0.15) is 0 Å². The van der Waals surface area contributed by atoms with E-state index in [1.165, 1.54) is 11.0 Å². The van der Waals surface area contributed by atoms with Crippen LogP contribution in [0.4, 0.5) is 0 Å². The molecule has 0 saturated heterocycles. The Bertz CT molecular complexity index is 233. The predicted molar refractivity (Wildman–Crippen MR) is 25.3 cm³/mol. The van der Waals surface area contributed by atoms with E-state index in [-0.39, 0.29) is 0 Å². The van der Waals surface area contributed by atoms with Gasteiger partial charge in [-0.05, 0) is 0 Å². The Balaban J connectivity index is 3.06. The van der Waals surface area contributed by atoms with Gasteiger partial charge in [-0.1, -0.05) is 0 Å². The predicted octanol–water partition coefficient (Wildman–Crippen LogP) is 0.322. The molecule has 2 aromatic rings. The zero-order valence-corrected chi connectivity index (χ0v) is 3.98. The van der Waals surface area contributed by atoms with Crippen molar-refractivity contribution in [2.75, 3.05) is 0 Å². The molecular formula is C4H3N3O. The molecule has 0 amide bonds. The molecule has 0 N–H and O–H groups in total. The third-order valence-corrected chi connectivity index (χ3v) is 0.920. The molecule has 0 radical (unpaired) electrons. The summed E-state index contributed by atoms with van der Waals surface area (Å²) in [6, 6.07) is 1.74. The standard InChI is InChI=1S/C4H3N3O/c1-2-5-7-4(1)8-3-6-7/h1-3H. The van der Waals surface area contributed by atoms with E-state index in [0.717, 1.165) is 0 Å². The van der Waals surface area contributed by atoms with Crippen molar-refractivity contribution in [3.05, 3.63) is 18.7 Å². The van der Waals surface area contributed by atoms with Crippen LogP contribution >= 0.6 is 0 Å². The van der Waals surface area contributed by atoms with Gasteiger partial charge in [-0.3, -0.25) is 0 Å². The number of fused-ring (bicyclic) bond motifs is 1. The zero-order chi connectivity index (χ0) is 5.40. The zero-order valence-electron chi connectivity index (χ0n) is 3.98. The largest absolute Gasteiger partial charge is 0.424 e. The minimum atomic E-state index is 0.671. The van der Waals surface area contributed by atoms with E-state index in [9.17, 15) is 0 Å². The normalized spacial score (nSPS) is 10.5. The molecule has 4 heteroatoms. The van der Waals surface area contributed by atoms with Crippen LogP contribution in [-0.4, -0.2) is 14.8 Å². The van der Waals surface area contributed by atoms with Crippen molar-refractivity contribution in [1.29, 1.82) is 0 Å². The van der Waals surface area contributed by atoms with Crippen molar-refractivity contribution < 1.29 is 4.42 Å². The SMILES string of the molecule is c1cc2ocnn2n1. The van der Waals surface area contributed by atoms with Gasteiger partial charge in [0.15, 0.2) is 0 Å². The third kappa shape index (κ3) is 0.294. The van der Waals surface area contributed by atoms with Gasteiger partial charge >= 0.3 is 0 Å². The maximum atomic E-state index is 4.85. The Hall–Kier alpha value is -1.32. The van der Waals surface area contributed by atoms with Gasteiger partial charge in [-0.2, -0.15) is 5.10 Å². The van der Waals surface area contributed by atoms with Crippen LogP contribution in [0.15, 0.2) is 23.1 Å². The molecule has 0 unspecified atom stereocenters. The molecule has 2 aromatic heterocycles. The van der Waals surface area contributed by atoms with E-state index >= 15 is 0 Å². The molecule has 8 heavy (non-hydrogen) atoms. The molecule has 0 bridgehead atoms. The van der Waals surface area contributed by atoms with Gasteiger partial charge in [0.05, 0.1) is 6.20 Å². The number of aromatic nitrogens is 3. The van der Waals surface area contributed by atoms with Gasteiger partial charge in [-0.25, -0.2) is 0 Å². The van der Waals surface area contributed by atoms with Gasteiger partial charge in [0, 0.05) is 6.07 Å². The highest BCUT2D eigenvalue weighted by Crippen LogP contribution is 1.95. The summed E-state index contributed by atoms with van der Waals surface area (Å²) in [4.78, 5) is 0. The first-order valence-corrected chi connectivity index (χ1v) is 2.20. The molecule has 0 saturated carbocycles. The second kappa shape index (κ2) is 1.09. The van der Waals surface area contributed by atoms with Crippen LogP contribution in [0.3, 0.4) is 0 Å². The van der Waals surface area contributed by atoms with E-state index in [1.807, 2.05) is 0 Å². The lowest BCUT2D eigenvalue weighted by molar-refractivity contribution is 0.600. The molecule has 40 valence electrons. The maximum absolute atomic E-state index is 4.85. The summed E-state index contributed by atoms with van der Waals surface area (Å²) in [7, 11) is 0. The van der Waals surface area contributed by atoms with E-state index in [0.29, 0.717) is 5.71 Å². The van der Waals surface area contributed by atoms with Crippen LogP contribution in [0, 0.1) is 0 Å². The van der Waals surface area contributed by atoms with Crippen LogP contribution in [0.5, 0.6) is 0 Å². The quantitative estimate of drug-likeness (QED) is 0.489. The van der Waals surface area contributed by atoms with Crippen molar-refractivity contribution in [3.63, 3.8) is 0 Å². The van der Waals surface area contributed by atoms with Crippen LogP contribution < -0.4 is 0 Å². The minimum absolute atomic E-state index is 0.671. The molecule has 0 aromatic carbocycles. The molecule has 0 atom stereocenters. The van der Waals surface area contributed by atoms with Crippen LogP contribution in [0.2, 0.25) is 0 Å². The molecule has 0 aliphatic heterocycles. The molecule has 2 rings (SSSR count). The van der Waals surface area contributed by atoms with Gasteiger partial charge in [-0.15, -0.1) is 9.73 Å². The Morgan fingerprint density at radius 3 is 3.38 bits per heavy atom. The fourth-order valence-electron chi connectivity index (χ4n) is 0.579. The Kier molecular flexibility index (Phi) is 0.498. The van der Waals surface area contributed by atoms with E-state index in [1.54, 1.807) is 12.3 Å². The lowest BCUT2D eigenvalue weighted by Crippen LogP contribution is -1.81. The fraction of sp³-hybridized carbons (Fsp3) is 0. The molecule has 2 heterocycles. The number of rotatable bonds is 0. The maximum Gasteiger partial charge on any atom is 0.241 e. The highest BCUT2D eigenvalue weighted by atomic mass is 16.4. The van der Waals surface area contributed by atoms with Crippen molar-refractivity contribution in [1.82, 2.24) is 14.8 Å². The highest BCUT2D eigenvalue weighted by Gasteiger charge is 1.91. The second-order valence-corrected chi connectivity index (χ2v) is 1.40. The van der Waals surface area contributed by atoms with E-state index in [2.05, 4.69) is 10.2 Å². The van der Waals surface area contributed by atoms with Crippen molar-refractivity contribution in [2.24, 2.45) is 0 Å². The topological polar surface area (TPSA) is 43.3 Å². The summed E-state index contributed by atoms with van der Waals surface area (Å²) in [6.07, 6.45) is 2.98. The smallest absolute Gasteiger partial charge is 0.241 e. The molecule has 0 aliphatic carbocycles. The summed E-state index contributed by atoms with van der Waals surface area (Å²) in [5.41, 5.74) is 0.671. The molecule has 0 spiro atoms. The van der Waals surface area contributed by atoms with Crippen LogP contribution in [-0.2, 0) is 0 Å². The molecular weight excluding hydrogens is 106 g/mol. The van der Waals surface area contributed by atoms with Crippen molar-refractivity contribution >= 4 is 5.71 Å². The first kappa shape index (κ1) is 3.65. The second-order valence-electron chi connectivity index (χ2n) is 1.40. The Labute approximate surface area is 44.7 Å². The van der Waals surface area contributed by atoms with E-state index in [4.69, 9.17) is 4.42 Å². The lowest BCUT2D eigenvalue weighted by Gasteiger charge is -1.67. The van der Waals surface area contributed by atoms with Crippen molar-refractivity contribution in [2.45, 2.75) is 0 Å². The molecule has 4 nitrogen and oxygen atoms in total. The van der Waals surface area contributed by atoms with E-state index < -0.39 is 0 Å². The number of hydrogen-bond acceptors (Lipinski definition) is 3. The molecule has 0 fully saturated rings. The first-order chi connectivity index (χ1) is 3.97. The number of nitrogens with zero attached hydrogens (tertiary/aromatic N) is 3. The highest BCUT2D eigenvalue weighted by molar-refractivity contribution is 5.27. The average Bonchev–Trinajstić information content (AvgIpc) is 2.15. The minimum Gasteiger partial charge on any atom is -0.424 e. The Morgan fingerprint density at radius 2 is 2.50 bits per heavy atom. The fourth-order valence-corrected chi connectivity index (χ4v) is 0.579.